The molecule has 0 amide bonds. The van der Waals surface area contributed by atoms with Crippen LogP contribution in [0, 0.1) is 12.3 Å². The van der Waals surface area contributed by atoms with Crippen molar-refractivity contribution >= 4 is 10.0 Å². The molecule has 1 aromatic carbocycles. The molecule has 0 aromatic heterocycles. The largest absolute Gasteiger partial charge is 0.316 e. The van der Waals surface area contributed by atoms with Gasteiger partial charge in [-0.3, -0.25) is 0 Å². The van der Waals surface area contributed by atoms with Crippen molar-refractivity contribution in [3.63, 3.8) is 0 Å². The van der Waals surface area contributed by atoms with Gasteiger partial charge in [0.25, 0.3) is 0 Å². The molecule has 2 rings (SSSR count). The third kappa shape index (κ3) is 3.40. The number of nitrogens with one attached hydrogen (secondary N) is 2. The highest BCUT2D eigenvalue weighted by Crippen LogP contribution is 2.39. The third-order valence-electron chi connectivity index (χ3n) is 4.25. The number of benzene rings is 1. The molecule has 112 valence electrons. The molecule has 0 bridgehead atoms. The van der Waals surface area contributed by atoms with Crippen LogP contribution in [0.4, 0.5) is 0 Å². The van der Waals surface area contributed by atoms with Gasteiger partial charge >= 0.3 is 0 Å². The maximum absolute atomic E-state index is 12.4. The van der Waals surface area contributed by atoms with E-state index in [4.69, 9.17) is 0 Å². The van der Waals surface area contributed by atoms with Gasteiger partial charge in [-0.25, -0.2) is 13.1 Å². The topological polar surface area (TPSA) is 58.2 Å². The molecule has 5 heteroatoms. The summed E-state index contributed by atoms with van der Waals surface area (Å²) >= 11 is 0. The van der Waals surface area contributed by atoms with Crippen LogP contribution in [0.15, 0.2) is 23.1 Å². The van der Waals surface area contributed by atoms with E-state index in [0.717, 1.165) is 24.0 Å². The molecule has 0 unspecified atom stereocenters. The molecule has 1 saturated carbocycles. The molecule has 1 aliphatic rings. The highest BCUT2D eigenvalue weighted by atomic mass is 32.2. The Kier molecular flexibility index (Phi) is 4.52. The molecule has 1 fully saturated rings. The lowest BCUT2D eigenvalue weighted by atomic mass is 9.71. The zero-order valence-corrected chi connectivity index (χ0v) is 13.3. The smallest absolute Gasteiger partial charge is 0.240 e. The summed E-state index contributed by atoms with van der Waals surface area (Å²) in [5.41, 5.74) is 2.26. The molecule has 0 atom stereocenters. The van der Waals surface area contributed by atoms with E-state index >= 15 is 0 Å². The van der Waals surface area contributed by atoms with Crippen LogP contribution < -0.4 is 10.0 Å². The maximum atomic E-state index is 12.4. The van der Waals surface area contributed by atoms with Crippen LogP contribution in [-0.2, 0) is 16.6 Å². The zero-order chi connectivity index (χ0) is 14.8. The van der Waals surface area contributed by atoms with Gasteiger partial charge in [-0.05, 0) is 55.5 Å². The molecule has 1 aliphatic carbocycles. The number of hydrogen-bond donors (Lipinski definition) is 2. The second-order valence-electron chi connectivity index (χ2n) is 6.11. The molecular formula is C15H24N2O2S. The van der Waals surface area contributed by atoms with Crippen LogP contribution in [0.2, 0.25) is 0 Å². The molecule has 2 N–H and O–H groups in total. The van der Waals surface area contributed by atoms with E-state index < -0.39 is 10.0 Å². The summed E-state index contributed by atoms with van der Waals surface area (Å²) in [7, 11) is -1.55. The summed E-state index contributed by atoms with van der Waals surface area (Å²) in [5, 5.41) is 3.06. The first-order valence-corrected chi connectivity index (χ1v) is 8.58. The Bertz CT molecular complexity index is 578. The molecule has 4 nitrogen and oxygen atoms in total. The van der Waals surface area contributed by atoms with Crippen molar-refractivity contribution in [3.05, 3.63) is 29.3 Å². The fourth-order valence-electron chi connectivity index (χ4n) is 2.51. The second-order valence-corrected chi connectivity index (χ2v) is 7.87. The van der Waals surface area contributed by atoms with Crippen LogP contribution in [0.5, 0.6) is 0 Å². The first-order chi connectivity index (χ1) is 9.36. The Hall–Kier alpha value is -0.910. The van der Waals surface area contributed by atoms with Gasteiger partial charge in [0.1, 0.15) is 0 Å². The molecule has 0 aliphatic heterocycles. The average molecular weight is 296 g/mol. The van der Waals surface area contributed by atoms with Crippen molar-refractivity contribution in [1.82, 2.24) is 10.0 Å². The van der Waals surface area contributed by atoms with Crippen molar-refractivity contribution in [3.8, 4) is 0 Å². The van der Waals surface area contributed by atoms with Crippen molar-refractivity contribution in [1.29, 1.82) is 0 Å². The number of rotatable bonds is 6. The second kappa shape index (κ2) is 5.84. The highest BCUT2D eigenvalue weighted by molar-refractivity contribution is 7.89. The molecule has 0 heterocycles. The van der Waals surface area contributed by atoms with Crippen molar-refractivity contribution in [2.24, 2.45) is 5.41 Å². The van der Waals surface area contributed by atoms with E-state index in [1.54, 1.807) is 12.1 Å². The normalized spacial score (nSPS) is 17.8. The van der Waals surface area contributed by atoms with Gasteiger partial charge in [0.15, 0.2) is 0 Å². The van der Waals surface area contributed by atoms with Crippen LogP contribution in [0.1, 0.15) is 37.3 Å². The van der Waals surface area contributed by atoms with Gasteiger partial charge in [-0.15, -0.1) is 0 Å². The van der Waals surface area contributed by atoms with Crippen LogP contribution >= 0.6 is 0 Å². The van der Waals surface area contributed by atoms with Gasteiger partial charge in [0, 0.05) is 13.1 Å². The van der Waals surface area contributed by atoms with Crippen molar-refractivity contribution < 1.29 is 8.42 Å². The summed E-state index contributed by atoms with van der Waals surface area (Å²) in [6, 6.07) is 5.31. The number of aryl methyl sites for hydroxylation is 1. The van der Waals surface area contributed by atoms with E-state index in [1.165, 1.54) is 6.42 Å². The lowest BCUT2D eigenvalue weighted by Gasteiger charge is -2.38. The van der Waals surface area contributed by atoms with Gasteiger partial charge < -0.3 is 5.32 Å². The molecule has 20 heavy (non-hydrogen) atoms. The standard InChI is InChI=1S/C15H24N2O2S/c1-12-5-6-14(9-13(12)10-16-3)20(18,19)17-11-15(2)7-4-8-15/h5-6,9,16-17H,4,7-8,10-11H2,1-3H3. The average Bonchev–Trinajstić information content (AvgIpc) is 2.37. The Balaban J connectivity index is 2.14. The van der Waals surface area contributed by atoms with Crippen LogP contribution in [0.3, 0.4) is 0 Å². The first-order valence-electron chi connectivity index (χ1n) is 7.10. The predicted molar refractivity (Wildman–Crippen MR) is 81.1 cm³/mol. The van der Waals surface area contributed by atoms with E-state index in [-0.39, 0.29) is 5.41 Å². The summed E-state index contributed by atoms with van der Waals surface area (Å²) in [5.74, 6) is 0. The molecule has 0 saturated heterocycles. The summed E-state index contributed by atoms with van der Waals surface area (Å²) in [6.07, 6.45) is 3.41. The summed E-state index contributed by atoms with van der Waals surface area (Å²) < 4.78 is 27.5. The van der Waals surface area contributed by atoms with E-state index in [0.29, 0.717) is 18.0 Å². The zero-order valence-electron chi connectivity index (χ0n) is 12.5. The fourth-order valence-corrected chi connectivity index (χ4v) is 3.76. The number of hydrogen-bond acceptors (Lipinski definition) is 3. The Morgan fingerprint density at radius 1 is 1.30 bits per heavy atom. The van der Waals surface area contributed by atoms with E-state index in [9.17, 15) is 8.42 Å². The van der Waals surface area contributed by atoms with Crippen LogP contribution in [0.25, 0.3) is 0 Å². The predicted octanol–water partition coefficient (Wildman–Crippen LogP) is 2.18. The summed E-state index contributed by atoms with van der Waals surface area (Å²) in [6.45, 7) is 5.34. The minimum Gasteiger partial charge on any atom is -0.316 e. The van der Waals surface area contributed by atoms with E-state index in [1.807, 2.05) is 20.0 Å². The van der Waals surface area contributed by atoms with E-state index in [2.05, 4.69) is 17.0 Å². The molecule has 1 aromatic rings. The van der Waals surface area contributed by atoms with Gasteiger partial charge in [0.05, 0.1) is 4.90 Å². The monoisotopic (exact) mass is 296 g/mol. The van der Waals surface area contributed by atoms with Crippen molar-refractivity contribution in [2.75, 3.05) is 13.6 Å². The lowest BCUT2D eigenvalue weighted by molar-refractivity contribution is 0.166. The quantitative estimate of drug-likeness (QED) is 0.846. The Morgan fingerprint density at radius 3 is 2.55 bits per heavy atom. The molecule has 0 radical (unpaired) electrons. The molecule has 0 spiro atoms. The van der Waals surface area contributed by atoms with Crippen molar-refractivity contribution in [2.45, 2.75) is 44.6 Å². The Labute approximate surface area is 122 Å². The van der Waals surface area contributed by atoms with Gasteiger partial charge in [-0.1, -0.05) is 19.4 Å². The number of sulfonamides is 1. The van der Waals surface area contributed by atoms with Crippen LogP contribution in [-0.4, -0.2) is 22.0 Å². The minimum absolute atomic E-state index is 0.144. The first kappa shape index (κ1) is 15.5. The SMILES string of the molecule is CNCc1cc(S(=O)(=O)NCC2(C)CCC2)ccc1C. The molecular weight excluding hydrogens is 272 g/mol. The maximum Gasteiger partial charge on any atom is 0.240 e. The van der Waals surface area contributed by atoms with Gasteiger partial charge in [-0.2, -0.15) is 0 Å². The Morgan fingerprint density at radius 2 is 2.00 bits per heavy atom. The lowest BCUT2D eigenvalue weighted by Crippen LogP contribution is -2.39. The third-order valence-corrected chi connectivity index (χ3v) is 5.65. The van der Waals surface area contributed by atoms with Gasteiger partial charge in [0.2, 0.25) is 10.0 Å². The summed E-state index contributed by atoms with van der Waals surface area (Å²) in [4.78, 5) is 0.358. The minimum atomic E-state index is -3.41. The fraction of sp³-hybridized carbons (Fsp3) is 0.600. The highest BCUT2D eigenvalue weighted by Gasteiger charge is 2.33.